The van der Waals surface area contributed by atoms with Crippen LogP contribution in [0.25, 0.3) is 0 Å². The predicted molar refractivity (Wildman–Crippen MR) is 98.8 cm³/mol. The first-order chi connectivity index (χ1) is 13.1. The quantitative estimate of drug-likeness (QED) is 0.694. The zero-order valence-corrected chi connectivity index (χ0v) is 16.3. The maximum atomic E-state index is 13.5. The van der Waals surface area contributed by atoms with E-state index < -0.39 is 33.7 Å². The number of halogens is 1. The SMILES string of the molecule is CON(C)S(=O)(=O)c1cccc(C(=O)N(C)C(C(N)=O)c2cccc(F)c2)c1. The lowest BCUT2D eigenvalue weighted by Crippen LogP contribution is -2.39. The molecule has 0 aliphatic heterocycles. The molecule has 1 unspecified atom stereocenters. The van der Waals surface area contributed by atoms with Gasteiger partial charge in [-0.2, -0.15) is 0 Å². The van der Waals surface area contributed by atoms with E-state index in [1.807, 2.05) is 0 Å². The van der Waals surface area contributed by atoms with Gasteiger partial charge in [0.25, 0.3) is 15.9 Å². The number of likely N-dealkylation sites (N-methyl/N-ethyl adjacent to an activating group) is 1. The molecule has 8 nitrogen and oxygen atoms in total. The topological polar surface area (TPSA) is 110 Å². The van der Waals surface area contributed by atoms with Crippen LogP contribution in [0.2, 0.25) is 0 Å². The second-order valence-corrected chi connectivity index (χ2v) is 7.84. The number of carbonyl (C=O) groups is 2. The Morgan fingerprint density at radius 3 is 2.32 bits per heavy atom. The van der Waals surface area contributed by atoms with Crippen molar-refractivity contribution in [2.75, 3.05) is 21.2 Å². The normalized spacial score (nSPS) is 12.6. The Morgan fingerprint density at radius 2 is 1.75 bits per heavy atom. The van der Waals surface area contributed by atoms with Crippen LogP contribution in [0.15, 0.2) is 53.4 Å². The molecule has 0 aliphatic carbocycles. The molecule has 0 spiro atoms. The van der Waals surface area contributed by atoms with E-state index in [2.05, 4.69) is 0 Å². The van der Waals surface area contributed by atoms with Gasteiger partial charge < -0.3 is 10.6 Å². The molecule has 2 amide bonds. The van der Waals surface area contributed by atoms with Crippen LogP contribution in [0.3, 0.4) is 0 Å². The van der Waals surface area contributed by atoms with Crippen molar-refractivity contribution in [1.82, 2.24) is 9.37 Å². The Kier molecular flexibility index (Phi) is 6.49. The summed E-state index contributed by atoms with van der Waals surface area (Å²) in [4.78, 5) is 30.4. The monoisotopic (exact) mass is 409 g/mol. The van der Waals surface area contributed by atoms with Crippen molar-refractivity contribution in [1.29, 1.82) is 0 Å². The number of hydrogen-bond acceptors (Lipinski definition) is 5. The Balaban J connectivity index is 2.42. The standard InChI is InChI=1S/C18H20FN3O5S/c1-21(16(17(20)23)12-6-4-8-14(19)10-12)18(24)13-7-5-9-15(11-13)28(25,26)22(2)27-3/h4-11,16H,1-3H3,(H2,20,23). The molecule has 0 fully saturated rings. The molecule has 0 heterocycles. The van der Waals surface area contributed by atoms with Gasteiger partial charge in [-0.3, -0.25) is 14.4 Å². The van der Waals surface area contributed by atoms with Crippen molar-refractivity contribution < 1.29 is 27.2 Å². The number of hydroxylamine groups is 1. The van der Waals surface area contributed by atoms with Gasteiger partial charge in [0.1, 0.15) is 11.9 Å². The Hall–Kier alpha value is -2.82. The van der Waals surface area contributed by atoms with Crippen LogP contribution in [-0.4, -0.2) is 50.8 Å². The van der Waals surface area contributed by atoms with E-state index in [0.29, 0.717) is 4.47 Å². The van der Waals surface area contributed by atoms with E-state index in [-0.39, 0.29) is 16.0 Å². The third-order valence-corrected chi connectivity index (χ3v) is 5.79. The van der Waals surface area contributed by atoms with Crippen molar-refractivity contribution in [3.05, 3.63) is 65.5 Å². The molecule has 0 radical (unpaired) electrons. The Labute approximate surface area is 162 Å². The Morgan fingerprint density at radius 1 is 1.11 bits per heavy atom. The number of benzene rings is 2. The fourth-order valence-corrected chi connectivity index (χ4v) is 3.63. The fourth-order valence-electron chi connectivity index (χ4n) is 2.61. The molecule has 2 rings (SSSR count). The van der Waals surface area contributed by atoms with E-state index in [0.717, 1.165) is 17.0 Å². The van der Waals surface area contributed by atoms with Crippen LogP contribution in [-0.2, 0) is 19.7 Å². The van der Waals surface area contributed by atoms with Crippen LogP contribution in [0.1, 0.15) is 22.0 Å². The number of nitrogens with two attached hydrogens (primary N) is 1. The van der Waals surface area contributed by atoms with Gasteiger partial charge in [-0.25, -0.2) is 12.8 Å². The minimum absolute atomic E-state index is 0.00994. The predicted octanol–water partition coefficient (Wildman–Crippen LogP) is 1.31. The van der Waals surface area contributed by atoms with E-state index >= 15 is 0 Å². The highest BCUT2D eigenvalue weighted by Crippen LogP contribution is 2.23. The highest BCUT2D eigenvalue weighted by atomic mass is 32.2. The van der Waals surface area contributed by atoms with Crippen molar-refractivity contribution in [2.24, 2.45) is 5.73 Å². The fraction of sp³-hybridized carbons (Fsp3) is 0.222. The van der Waals surface area contributed by atoms with Gasteiger partial charge in [0.2, 0.25) is 5.91 Å². The van der Waals surface area contributed by atoms with E-state index in [1.54, 1.807) is 0 Å². The van der Waals surface area contributed by atoms with E-state index in [9.17, 15) is 22.4 Å². The van der Waals surface area contributed by atoms with Crippen molar-refractivity contribution in [3.8, 4) is 0 Å². The summed E-state index contributed by atoms with van der Waals surface area (Å²) in [6, 6.07) is 9.19. The molecule has 28 heavy (non-hydrogen) atoms. The molecule has 2 aromatic rings. The van der Waals surface area contributed by atoms with Gasteiger partial charge in [-0.05, 0) is 35.9 Å². The summed E-state index contributed by atoms with van der Waals surface area (Å²) in [6.07, 6.45) is 0. The summed E-state index contributed by atoms with van der Waals surface area (Å²) in [6.45, 7) is 0. The van der Waals surface area contributed by atoms with Gasteiger partial charge in [0.05, 0.1) is 12.0 Å². The summed E-state index contributed by atoms with van der Waals surface area (Å²) in [5.74, 6) is -2.10. The van der Waals surface area contributed by atoms with E-state index in [1.165, 1.54) is 57.6 Å². The molecular weight excluding hydrogens is 389 g/mol. The van der Waals surface area contributed by atoms with Crippen LogP contribution in [0.4, 0.5) is 4.39 Å². The van der Waals surface area contributed by atoms with Crippen molar-refractivity contribution in [2.45, 2.75) is 10.9 Å². The number of primary amides is 1. The van der Waals surface area contributed by atoms with E-state index in [4.69, 9.17) is 10.6 Å². The van der Waals surface area contributed by atoms with Gasteiger partial charge in [-0.1, -0.05) is 22.7 Å². The molecule has 0 aromatic heterocycles. The summed E-state index contributed by atoms with van der Waals surface area (Å²) >= 11 is 0. The van der Waals surface area contributed by atoms with Crippen LogP contribution < -0.4 is 5.73 Å². The molecule has 150 valence electrons. The summed E-state index contributed by atoms with van der Waals surface area (Å²) < 4.78 is 38.9. The zero-order chi connectivity index (χ0) is 21.1. The van der Waals surface area contributed by atoms with Crippen LogP contribution >= 0.6 is 0 Å². The van der Waals surface area contributed by atoms with Crippen molar-refractivity contribution >= 4 is 21.8 Å². The largest absolute Gasteiger partial charge is 0.368 e. The molecular formula is C18H20FN3O5S. The molecule has 0 saturated heterocycles. The summed E-state index contributed by atoms with van der Waals surface area (Å²) in [5.41, 5.74) is 5.63. The number of hydrogen-bond donors (Lipinski definition) is 1. The maximum Gasteiger partial charge on any atom is 0.264 e. The third kappa shape index (κ3) is 4.35. The van der Waals surface area contributed by atoms with Gasteiger partial charge in [-0.15, -0.1) is 0 Å². The molecule has 0 bridgehead atoms. The second kappa shape index (κ2) is 8.46. The first-order valence-electron chi connectivity index (χ1n) is 8.04. The lowest BCUT2D eigenvalue weighted by atomic mass is 10.0. The van der Waals surface area contributed by atoms with Crippen LogP contribution in [0.5, 0.6) is 0 Å². The first kappa shape index (κ1) is 21.5. The molecule has 1 atom stereocenters. The minimum Gasteiger partial charge on any atom is -0.368 e. The lowest BCUT2D eigenvalue weighted by molar-refractivity contribution is -0.122. The summed E-state index contributed by atoms with van der Waals surface area (Å²) in [7, 11) is -0.239. The van der Waals surface area contributed by atoms with Gasteiger partial charge >= 0.3 is 0 Å². The van der Waals surface area contributed by atoms with Crippen LogP contribution in [0, 0.1) is 5.82 Å². The van der Waals surface area contributed by atoms with Gasteiger partial charge in [0, 0.05) is 19.7 Å². The summed E-state index contributed by atoms with van der Waals surface area (Å²) in [5, 5.41) is 0. The number of carbonyl (C=O) groups excluding carboxylic acids is 2. The highest BCUT2D eigenvalue weighted by Gasteiger charge is 2.29. The first-order valence-corrected chi connectivity index (χ1v) is 9.48. The zero-order valence-electron chi connectivity index (χ0n) is 15.5. The number of nitrogens with zero attached hydrogens (tertiary/aromatic N) is 2. The molecule has 0 aliphatic rings. The number of rotatable bonds is 7. The lowest BCUT2D eigenvalue weighted by Gasteiger charge is -2.26. The third-order valence-electron chi connectivity index (χ3n) is 4.12. The highest BCUT2D eigenvalue weighted by molar-refractivity contribution is 7.89. The Bertz CT molecular complexity index is 996. The molecule has 2 N–H and O–H groups in total. The van der Waals surface area contributed by atoms with Crippen molar-refractivity contribution in [3.63, 3.8) is 0 Å². The number of sulfonamides is 1. The average molecular weight is 409 g/mol. The molecule has 10 heteroatoms. The minimum atomic E-state index is -3.97. The average Bonchev–Trinajstić information content (AvgIpc) is 2.66. The number of amides is 2. The maximum absolute atomic E-state index is 13.5. The molecule has 2 aromatic carbocycles. The van der Waals surface area contributed by atoms with Gasteiger partial charge in [0.15, 0.2) is 0 Å². The molecule has 0 saturated carbocycles. The smallest absolute Gasteiger partial charge is 0.264 e. The second-order valence-electron chi connectivity index (χ2n) is 5.90.